The Morgan fingerprint density at radius 2 is 1.52 bits per heavy atom. The van der Waals surface area contributed by atoms with Crippen molar-refractivity contribution in [2.45, 2.75) is 19.0 Å². The van der Waals surface area contributed by atoms with Gasteiger partial charge in [-0.15, -0.1) is 0 Å². The summed E-state index contributed by atoms with van der Waals surface area (Å²) in [4.78, 5) is 39.8. The number of carbonyl (C=O) groups is 3. The first-order valence-corrected chi connectivity index (χ1v) is 8.28. The van der Waals surface area contributed by atoms with Crippen LogP contribution in [-0.2, 0) is 14.4 Å². The van der Waals surface area contributed by atoms with E-state index in [1.807, 2.05) is 7.05 Å². The molecule has 0 atom stereocenters. The number of hydrogen-bond donors (Lipinski definition) is 1. The van der Waals surface area contributed by atoms with E-state index in [1.54, 1.807) is 4.90 Å². The largest absolute Gasteiger partial charge is 0.471 e. The predicted molar refractivity (Wildman–Crippen MR) is 82.4 cm³/mol. The van der Waals surface area contributed by atoms with Crippen LogP contribution in [0.25, 0.3) is 0 Å². The smallest absolute Gasteiger partial charge is 0.347 e. The second-order valence-electron chi connectivity index (χ2n) is 6.47. The van der Waals surface area contributed by atoms with Gasteiger partial charge < -0.3 is 20.0 Å². The van der Waals surface area contributed by atoms with Crippen molar-refractivity contribution >= 4 is 17.7 Å². The normalized spacial score (nSPS) is 20.5. The monoisotopic (exact) mass is 364 g/mol. The second kappa shape index (κ2) is 8.03. The summed E-state index contributed by atoms with van der Waals surface area (Å²) < 4.78 is 37.2. The maximum absolute atomic E-state index is 12.4. The third-order valence-electron chi connectivity index (χ3n) is 4.67. The molecular formula is C15H23F3N4O3. The third-order valence-corrected chi connectivity index (χ3v) is 4.67. The topological polar surface area (TPSA) is 73.0 Å². The summed E-state index contributed by atoms with van der Waals surface area (Å²) in [6.45, 7) is 2.47. The Balaban J connectivity index is 1.72. The van der Waals surface area contributed by atoms with E-state index < -0.39 is 18.0 Å². The molecule has 2 aliphatic heterocycles. The minimum absolute atomic E-state index is 0.107. The predicted octanol–water partition coefficient (Wildman–Crippen LogP) is -0.322. The first-order chi connectivity index (χ1) is 11.7. The number of likely N-dealkylation sites (N-methyl/N-ethyl adjacent to an activating group) is 1. The van der Waals surface area contributed by atoms with Gasteiger partial charge in [0, 0.05) is 45.2 Å². The highest BCUT2D eigenvalue weighted by Gasteiger charge is 2.43. The number of likely N-dealkylation sites (tertiary alicyclic amines) is 1. The van der Waals surface area contributed by atoms with Gasteiger partial charge in [-0.1, -0.05) is 0 Å². The molecule has 1 N–H and O–H groups in total. The number of nitrogens with zero attached hydrogens (tertiary/aromatic N) is 3. The molecule has 25 heavy (non-hydrogen) atoms. The molecular weight excluding hydrogens is 341 g/mol. The van der Waals surface area contributed by atoms with E-state index >= 15 is 0 Å². The average molecular weight is 364 g/mol. The van der Waals surface area contributed by atoms with Crippen molar-refractivity contribution in [3.05, 3.63) is 0 Å². The Morgan fingerprint density at radius 3 is 2.04 bits per heavy atom. The molecule has 0 aliphatic carbocycles. The Hall–Kier alpha value is -1.84. The molecule has 0 aromatic rings. The van der Waals surface area contributed by atoms with Crippen LogP contribution in [0.1, 0.15) is 12.8 Å². The number of piperidine rings is 1. The van der Waals surface area contributed by atoms with Gasteiger partial charge in [0.25, 0.3) is 0 Å². The molecule has 0 saturated carbocycles. The minimum Gasteiger partial charge on any atom is -0.347 e. The van der Waals surface area contributed by atoms with Gasteiger partial charge >= 0.3 is 12.1 Å². The number of amides is 3. The molecule has 0 unspecified atom stereocenters. The fourth-order valence-corrected chi connectivity index (χ4v) is 3.00. The third kappa shape index (κ3) is 5.32. The van der Waals surface area contributed by atoms with Crippen LogP contribution in [0.15, 0.2) is 0 Å². The van der Waals surface area contributed by atoms with Gasteiger partial charge in [0.2, 0.25) is 11.8 Å². The Labute approximate surface area is 144 Å². The van der Waals surface area contributed by atoms with Crippen LogP contribution in [0.5, 0.6) is 0 Å². The first kappa shape index (κ1) is 19.5. The van der Waals surface area contributed by atoms with Crippen molar-refractivity contribution < 1.29 is 27.6 Å². The van der Waals surface area contributed by atoms with Crippen molar-refractivity contribution in [1.82, 2.24) is 20.0 Å². The lowest BCUT2D eigenvalue weighted by Crippen LogP contribution is -2.51. The molecule has 7 nitrogen and oxygen atoms in total. The number of rotatable bonds is 3. The molecule has 142 valence electrons. The highest BCUT2D eigenvalue weighted by Crippen LogP contribution is 2.23. The lowest BCUT2D eigenvalue weighted by molar-refractivity contribution is -0.186. The lowest BCUT2D eigenvalue weighted by atomic mass is 9.96. The molecule has 2 aliphatic rings. The van der Waals surface area contributed by atoms with E-state index in [0.717, 1.165) is 18.0 Å². The number of hydrogen-bond acceptors (Lipinski definition) is 4. The standard InChI is InChI=1S/C15H23F3N4O3/c1-20-6-8-21(9-7-20)12(23)10-19-13(24)11-2-4-22(5-3-11)14(25)15(16,17)18/h11H,2-10H2,1H3,(H,19,24). The summed E-state index contributed by atoms with van der Waals surface area (Å²) in [7, 11) is 1.97. The Morgan fingerprint density at radius 1 is 0.960 bits per heavy atom. The highest BCUT2D eigenvalue weighted by molar-refractivity contribution is 5.86. The van der Waals surface area contributed by atoms with Crippen LogP contribution in [0.4, 0.5) is 13.2 Å². The summed E-state index contributed by atoms with van der Waals surface area (Å²) in [5.41, 5.74) is 0. The van der Waals surface area contributed by atoms with Crippen LogP contribution in [0, 0.1) is 5.92 Å². The maximum atomic E-state index is 12.4. The van der Waals surface area contributed by atoms with Crippen molar-refractivity contribution in [2.75, 3.05) is 52.9 Å². The Kier molecular flexibility index (Phi) is 6.26. The van der Waals surface area contributed by atoms with Gasteiger partial charge in [-0.2, -0.15) is 13.2 Å². The maximum Gasteiger partial charge on any atom is 0.471 e. The molecule has 3 amide bonds. The van der Waals surface area contributed by atoms with Crippen molar-refractivity contribution in [3.63, 3.8) is 0 Å². The molecule has 2 fully saturated rings. The molecule has 2 rings (SSSR count). The van der Waals surface area contributed by atoms with Gasteiger partial charge in [0.05, 0.1) is 6.54 Å². The number of piperazine rings is 1. The van der Waals surface area contributed by atoms with E-state index in [0.29, 0.717) is 13.1 Å². The molecule has 0 radical (unpaired) electrons. The number of halogens is 3. The quantitative estimate of drug-likeness (QED) is 0.745. The van der Waals surface area contributed by atoms with Crippen LogP contribution in [0.2, 0.25) is 0 Å². The minimum atomic E-state index is -4.88. The van der Waals surface area contributed by atoms with Gasteiger partial charge in [-0.05, 0) is 19.9 Å². The van der Waals surface area contributed by atoms with Gasteiger partial charge in [-0.3, -0.25) is 14.4 Å². The van der Waals surface area contributed by atoms with Gasteiger partial charge in [-0.25, -0.2) is 0 Å². The fourth-order valence-electron chi connectivity index (χ4n) is 3.00. The molecule has 0 bridgehead atoms. The summed E-state index contributed by atoms with van der Waals surface area (Å²) >= 11 is 0. The van der Waals surface area contributed by atoms with Crippen molar-refractivity contribution in [1.29, 1.82) is 0 Å². The van der Waals surface area contributed by atoms with E-state index in [4.69, 9.17) is 0 Å². The molecule has 2 saturated heterocycles. The highest BCUT2D eigenvalue weighted by atomic mass is 19.4. The van der Waals surface area contributed by atoms with Crippen LogP contribution < -0.4 is 5.32 Å². The van der Waals surface area contributed by atoms with Crippen LogP contribution in [0.3, 0.4) is 0 Å². The van der Waals surface area contributed by atoms with Crippen LogP contribution in [-0.4, -0.2) is 91.5 Å². The molecule has 2 heterocycles. The number of nitrogens with one attached hydrogen (secondary N) is 1. The van der Waals surface area contributed by atoms with E-state index in [-0.39, 0.29) is 44.3 Å². The zero-order chi connectivity index (χ0) is 18.6. The summed E-state index contributed by atoms with van der Waals surface area (Å²) in [6.07, 6.45) is -4.56. The summed E-state index contributed by atoms with van der Waals surface area (Å²) in [5.74, 6) is -2.85. The first-order valence-electron chi connectivity index (χ1n) is 8.28. The zero-order valence-electron chi connectivity index (χ0n) is 14.1. The number of carbonyl (C=O) groups excluding carboxylic acids is 3. The van der Waals surface area contributed by atoms with E-state index in [2.05, 4.69) is 10.2 Å². The van der Waals surface area contributed by atoms with E-state index in [1.165, 1.54) is 0 Å². The van der Waals surface area contributed by atoms with Crippen molar-refractivity contribution in [3.8, 4) is 0 Å². The number of alkyl halides is 3. The fraction of sp³-hybridized carbons (Fsp3) is 0.800. The molecule has 0 spiro atoms. The molecule has 0 aromatic heterocycles. The van der Waals surface area contributed by atoms with Gasteiger partial charge in [0.1, 0.15) is 0 Å². The van der Waals surface area contributed by atoms with E-state index in [9.17, 15) is 27.6 Å². The Bertz CT molecular complexity index is 511. The van der Waals surface area contributed by atoms with Gasteiger partial charge in [0.15, 0.2) is 0 Å². The van der Waals surface area contributed by atoms with Crippen molar-refractivity contribution in [2.24, 2.45) is 5.92 Å². The lowest BCUT2D eigenvalue weighted by Gasteiger charge is -2.33. The zero-order valence-corrected chi connectivity index (χ0v) is 14.1. The summed E-state index contributed by atoms with van der Waals surface area (Å²) in [6, 6.07) is 0. The molecule has 10 heteroatoms. The SMILES string of the molecule is CN1CCN(C(=O)CNC(=O)C2CCN(C(=O)C(F)(F)F)CC2)CC1. The van der Waals surface area contributed by atoms with Crippen LogP contribution >= 0.6 is 0 Å². The average Bonchev–Trinajstić information content (AvgIpc) is 2.58. The molecule has 0 aromatic carbocycles. The summed E-state index contributed by atoms with van der Waals surface area (Å²) in [5, 5.41) is 2.57. The second-order valence-corrected chi connectivity index (χ2v) is 6.47.